The number of amides is 1. The Morgan fingerprint density at radius 3 is 3.11 bits per heavy atom. The van der Waals surface area contributed by atoms with Gasteiger partial charge in [-0.15, -0.1) is 0 Å². The molecule has 1 aromatic heterocycles. The summed E-state index contributed by atoms with van der Waals surface area (Å²) in [5.74, 6) is 0.469. The number of morpholine rings is 1. The Kier molecular flexibility index (Phi) is 4.84. The molecular formula is C12H19N3O3S. The molecule has 0 saturated carbocycles. The molecule has 1 aliphatic rings. The zero-order valence-electron chi connectivity index (χ0n) is 11.2. The van der Waals surface area contributed by atoms with Crippen LogP contribution in [-0.4, -0.2) is 57.0 Å². The molecule has 0 spiro atoms. The largest absolute Gasteiger partial charge is 0.390 e. The number of hydrogen-bond donors (Lipinski definition) is 1. The average molecular weight is 285 g/mol. The van der Waals surface area contributed by atoms with E-state index in [1.807, 2.05) is 18.9 Å². The lowest BCUT2D eigenvalue weighted by Crippen LogP contribution is -2.45. The summed E-state index contributed by atoms with van der Waals surface area (Å²) in [4.78, 5) is 18.1. The van der Waals surface area contributed by atoms with E-state index in [1.54, 1.807) is 10.8 Å². The Labute approximate surface area is 116 Å². The minimum Gasteiger partial charge on any atom is -0.390 e. The van der Waals surface area contributed by atoms with Gasteiger partial charge in [0, 0.05) is 20.1 Å². The van der Waals surface area contributed by atoms with Gasteiger partial charge in [0.05, 0.1) is 37.0 Å². The molecule has 6 nitrogen and oxygen atoms in total. The fraction of sp³-hybridized carbons (Fsp3) is 0.667. The van der Waals surface area contributed by atoms with E-state index in [9.17, 15) is 4.79 Å². The molecule has 106 valence electrons. The summed E-state index contributed by atoms with van der Waals surface area (Å²) in [6, 6.07) is 0. The fourth-order valence-electron chi connectivity index (χ4n) is 1.97. The monoisotopic (exact) mass is 285 g/mol. The van der Waals surface area contributed by atoms with Gasteiger partial charge >= 0.3 is 0 Å². The molecule has 0 aromatic carbocycles. The van der Waals surface area contributed by atoms with E-state index >= 15 is 0 Å². The minimum atomic E-state index is -0.0427. The van der Waals surface area contributed by atoms with Gasteiger partial charge in [0.15, 0.2) is 5.16 Å². The van der Waals surface area contributed by atoms with Crippen LogP contribution in [0.25, 0.3) is 0 Å². The number of thioether (sulfide) groups is 1. The molecule has 1 aromatic rings. The standard InChI is InChI=1S/C12H19N3O3S/c1-9-6-15(3-4-18-9)11(17)8-19-12-13-5-10(7-16)14(12)2/h5,9,16H,3-4,6-8H2,1-2H3. The molecule has 1 unspecified atom stereocenters. The van der Waals surface area contributed by atoms with Crippen molar-refractivity contribution in [3.05, 3.63) is 11.9 Å². The van der Waals surface area contributed by atoms with E-state index in [1.165, 1.54) is 11.8 Å². The zero-order valence-corrected chi connectivity index (χ0v) is 12.0. The van der Waals surface area contributed by atoms with Crippen molar-refractivity contribution in [3.63, 3.8) is 0 Å². The third-order valence-electron chi connectivity index (χ3n) is 3.12. The molecular weight excluding hydrogens is 266 g/mol. The Hall–Kier alpha value is -1.05. The first kappa shape index (κ1) is 14.4. The topological polar surface area (TPSA) is 67.6 Å². The van der Waals surface area contributed by atoms with Crippen LogP contribution in [0, 0.1) is 0 Å². The molecule has 1 atom stereocenters. The van der Waals surface area contributed by atoms with Crippen molar-refractivity contribution in [1.29, 1.82) is 0 Å². The van der Waals surface area contributed by atoms with Gasteiger partial charge in [-0.2, -0.15) is 0 Å². The number of aliphatic hydroxyl groups is 1. The molecule has 1 aliphatic heterocycles. The van der Waals surface area contributed by atoms with Gasteiger partial charge in [-0.05, 0) is 6.92 Å². The maximum atomic E-state index is 12.1. The van der Waals surface area contributed by atoms with Crippen LogP contribution in [0.5, 0.6) is 0 Å². The van der Waals surface area contributed by atoms with E-state index in [4.69, 9.17) is 9.84 Å². The average Bonchev–Trinajstić information content (AvgIpc) is 2.76. The first-order valence-corrected chi connectivity index (χ1v) is 7.24. The fourth-order valence-corrected chi connectivity index (χ4v) is 2.84. The number of imidazole rings is 1. The second-order valence-electron chi connectivity index (χ2n) is 4.56. The van der Waals surface area contributed by atoms with Crippen molar-refractivity contribution in [2.24, 2.45) is 7.05 Å². The molecule has 7 heteroatoms. The van der Waals surface area contributed by atoms with Crippen LogP contribution in [-0.2, 0) is 23.2 Å². The molecule has 0 bridgehead atoms. The predicted molar refractivity (Wildman–Crippen MR) is 71.8 cm³/mol. The maximum absolute atomic E-state index is 12.1. The van der Waals surface area contributed by atoms with Crippen LogP contribution < -0.4 is 0 Å². The number of rotatable bonds is 4. The van der Waals surface area contributed by atoms with Crippen molar-refractivity contribution in [3.8, 4) is 0 Å². The summed E-state index contributed by atoms with van der Waals surface area (Å²) in [7, 11) is 1.84. The number of ether oxygens (including phenoxy) is 1. The van der Waals surface area contributed by atoms with Gasteiger partial charge in [0.1, 0.15) is 0 Å². The van der Waals surface area contributed by atoms with Crippen LogP contribution in [0.1, 0.15) is 12.6 Å². The normalized spacial score (nSPS) is 19.7. The summed E-state index contributed by atoms with van der Waals surface area (Å²) >= 11 is 1.39. The van der Waals surface area contributed by atoms with E-state index in [2.05, 4.69) is 4.98 Å². The first-order valence-electron chi connectivity index (χ1n) is 6.25. The number of carbonyl (C=O) groups excluding carboxylic acids is 1. The highest BCUT2D eigenvalue weighted by Gasteiger charge is 2.21. The molecule has 2 heterocycles. The molecule has 2 rings (SSSR count). The van der Waals surface area contributed by atoms with E-state index in [-0.39, 0.29) is 18.6 Å². The van der Waals surface area contributed by atoms with E-state index < -0.39 is 0 Å². The molecule has 1 fully saturated rings. The quantitative estimate of drug-likeness (QED) is 0.803. The number of nitrogens with zero attached hydrogens (tertiary/aromatic N) is 3. The highest BCUT2D eigenvalue weighted by Crippen LogP contribution is 2.18. The summed E-state index contributed by atoms with van der Waals surface area (Å²) in [6.45, 7) is 3.85. The predicted octanol–water partition coefficient (Wildman–Crippen LogP) is 0.252. The highest BCUT2D eigenvalue weighted by molar-refractivity contribution is 7.99. The van der Waals surface area contributed by atoms with Crippen molar-refractivity contribution < 1.29 is 14.6 Å². The minimum absolute atomic E-state index is 0.0427. The van der Waals surface area contributed by atoms with Gasteiger partial charge in [-0.3, -0.25) is 4.79 Å². The lowest BCUT2D eigenvalue weighted by Gasteiger charge is -2.31. The third kappa shape index (κ3) is 3.49. The summed E-state index contributed by atoms with van der Waals surface area (Å²) in [5, 5.41) is 9.83. The van der Waals surface area contributed by atoms with Crippen LogP contribution in [0.4, 0.5) is 0 Å². The lowest BCUT2D eigenvalue weighted by molar-refractivity contribution is -0.135. The maximum Gasteiger partial charge on any atom is 0.233 e. The van der Waals surface area contributed by atoms with Gasteiger partial charge in [-0.1, -0.05) is 11.8 Å². The van der Waals surface area contributed by atoms with Crippen molar-refractivity contribution in [2.45, 2.75) is 24.8 Å². The second-order valence-corrected chi connectivity index (χ2v) is 5.50. The number of hydrogen-bond acceptors (Lipinski definition) is 5. The van der Waals surface area contributed by atoms with Crippen molar-refractivity contribution >= 4 is 17.7 Å². The summed E-state index contributed by atoms with van der Waals surface area (Å²) in [5.41, 5.74) is 0.745. The molecule has 1 N–H and O–H groups in total. The lowest BCUT2D eigenvalue weighted by atomic mass is 10.3. The van der Waals surface area contributed by atoms with Gasteiger partial charge in [0.25, 0.3) is 0 Å². The smallest absolute Gasteiger partial charge is 0.233 e. The Bertz CT molecular complexity index is 449. The van der Waals surface area contributed by atoms with Crippen LogP contribution in [0.2, 0.25) is 0 Å². The van der Waals surface area contributed by atoms with Gasteiger partial charge < -0.3 is 19.3 Å². The van der Waals surface area contributed by atoms with E-state index in [0.717, 1.165) is 10.9 Å². The second kappa shape index (κ2) is 6.40. The molecule has 19 heavy (non-hydrogen) atoms. The van der Waals surface area contributed by atoms with Crippen LogP contribution in [0.3, 0.4) is 0 Å². The number of aromatic nitrogens is 2. The SMILES string of the molecule is CC1CN(C(=O)CSc2ncc(CO)n2C)CCO1. The molecule has 0 radical (unpaired) electrons. The highest BCUT2D eigenvalue weighted by atomic mass is 32.2. The van der Waals surface area contributed by atoms with Gasteiger partial charge in [-0.25, -0.2) is 4.98 Å². The number of aliphatic hydroxyl groups excluding tert-OH is 1. The number of carbonyl (C=O) groups is 1. The Balaban J connectivity index is 1.87. The van der Waals surface area contributed by atoms with Crippen molar-refractivity contribution in [1.82, 2.24) is 14.5 Å². The zero-order chi connectivity index (χ0) is 13.8. The summed E-state index contributed by atoms with van der Waals surface area (Å²) in [6.07, 6.45) is 1.74. The van der Waals surface area contributed by atoms with Crippen LogP contribution >= 0.6 is 11.8 Å². The Morgan fingerprint density at radius 1 is 1.68 bits per heavy atom. The molecule has 0 aliphatic carbocycles. The van der Waals surface area contributed by atoms with Crippen LogP contribution in [0.15, 0.2) is 11.4 Å². The van der Waals surface area contributed by atoms with Crippen molar-refractivity contribution in [2.75, 3.05) is 25.4 Å². The molecule has 1 saturated heterocycles. The van der Waals surface area contributed by atoms with E-state index in [0.29, 0.717) is 25.4 Å². The molecule has 1 amide bonds. The summed E-state index contributed by atoms with van der Waals surface area (Å²) < 4.78 is 7.22. The third-order valence-corrected chi connectivity index (χ3v) is 4.15. The Morgan fingerprint density at radius 2 is 2.47 bits per heavy atom. The first-order chi connectivity index (χ1) is 9.11. The van der Waals surface area contributed by atoms with Gasteiger partial charge in [0.2, 0.25) is 5.91 Å².